The van der Waals surface area contributed by atoms with Crippen molar-refractivity contribution in [3.8, 4) is 5.75 Å². The van der Waals surface area contributed by atoms with E-state index in [0.717, 1.165) is 36.9 Å². The molecule has 0 radical (unpaired) electrons. The number of pyridine rings is 1. The second-order valence-corrected chi connectivity index (χ2v) is 8.62. The Kier molecular flexibility index (Phi) is 4.08. The van der Waals surface area contributed by atoms with Crippen molar-refractivity contribution in [1.29, 1.82) is 0 Å². The Bertz CT molecular complexity index is 1350. The summed E-state index contributed by atoms with van der Waals surface area (Å²) in [4.78, 5) is 28.3. The van der Waals surface area contributed by atoms with Gasteiger partial charge in [-0.1, -0.05) is 33.1 Å². The first kappa shape index (κ1) is 18.1. The fraction of sp³-hybridized carbons (Fsp3) is 0.455. The molecule has 7 heteroatoms. The van der Waals surface area contributed by atoms with Gasteiger partial charge in [0.2, 0.25) is 11.2 Å². The molecule has 3 N–H and O–H groups in total. The number of rotatable bonds is 3. The Morgan fingerprint density at radius 2 is 1.93 bits per heavy atom. The summed E-state index contributed by atoms with van der Waals surface area (Å²) in [6, 6.07) is 3.27. The zero-order valence-electron chi connectivity index (χ0n) is 16.7. The van der Waals surface area contributed by atoms with Gasteiger partial charge < -0.3 is 14.5 Å². The third-order valence-corrected chi connectivity index (χ3v) is 6.09. The van der Waals surface area contributed by atoms with E-state index in [1.807, 2.05) is 4.68 Å². The summed E-state index contributed by atoms with van der Waals surface area (Å²) < 4.78 is 7.96. The average molecular weight is 395 g/mol. The largest absolute Gasteiger partial charge is 0.502 e. The molecule has 5 rings (SSSR count). The summed E-state index contributed by atoms with van der Waals surface area (Å²) in [6.45, 7) is 4.19. The third-order valence-electron chi connectivity index (χ3n) is 6.09. The highest BCUT2D eigenvalue weighted by Gasteiger charge is 2.25. The van der Waals surface area contributed by atoms with Crippen molar-refractivity contribution in [3.63, 3.8) is 0 Å². The summed E-state index contributed by atoms with van der Waals surface area (Å²) in [5, 5.41) is 14.6. The summed E-state index contributed by atoms with van der Waals surface area (Å²) in [6.07, 6.45) is 6.28. The lowest BCUT2D eigenvalue weighted by atomic mass is 9.95. The van der Waals surface area contributed by atoms with E-state index in [-0.39, 0.29) is 17.2 Å². The van der Waals surface area contributed by atoms with Crippen LogP contribution in [0.25, 0.3) is 33.1 Å². The van der Waals surface area contributed by atoms with Crippen LogP contribution in [0.4, 0.5) is 0 Å². The maximum Gasteiger partial charge on any atom is 0.274 e. The van der Waals surface area contributed by atoms with Gasteiger partial charge in [-0.3, -0.25) is 19.4 Å². The Morgan fingerprint density at radius 1 is 1.17 bits per heavy atom. The van der Waals surface area contributed by atoms with E-state index in [1.54, 1.807) is 6.07 Å². The molecule has 0 spiro atoms. The number of hydrogen-bond acceptors (Lipinski definition) is 4. The first-order valence-corrected chi connectivity index (χ1v) is 10.4. The number of nitrogens with one attached hydrogen (secondary N) is 2. The first-order chi connectivity index (χ1) is 14.0. The predicted octanol–water partition coefficient (Wildman–Crippen LogP) is 4.33. The molecule has 3 aromatic heterocycles. The molecule has 0 unspecified atom stereocenters. The van der Waals surface area contributed by atoms with Crippen LogP contribution in [-0.4, -0.2) is 19.9 Å². The number of aromatic nitrogens is 3. The maximum absolute atomic E-state index is 13.0. The van der Waals surface area contributed by atoms with Crippen LogP contribution in [0.2, 0.25) is 0 Å². The van der Waals surface area contributed by atoms with Gasteiger partial charge in [0.1, 0.15) is 5.65 Å². The molecule has 4 aromatic rings. The highest BCUT2D eigenvalue weighted by Crippen LogP contribution is 2.37. The topological polar surface area (TPSA) is 104 Å². The van der Waals surface area contributed by atoms with Crippen LogP contribution in [0, 0.1) is 5.92 Å². The lowest BCUT2D eigenvalue weighted by molar-refractivity contribution is 0.334. The molecule has 1 aromatic carbocycles. The molecule has 7 nitrogen and oxygen atoms in total. The van der Waals surface area contributed by atoms with E-state index >= 15 is 0 Å². The highest BCUT2D eigenvalue weighted by atomic mass is 16.4. The Balaban J connectivity index is 1.91. The van der Waals surface area contributed by atoms with Gasteiger partial charge in [-0.05, 0) is 37.3 Å². The average Bonchev–Trinajstić information content (AvgIpc) is 3.24. The first-order valence-electron chi connectivity index (χ1n) is 10.4. The molecule has 0 aliphatic heterocycles. The van der Waals surface area contributed by atoms with Gasteiger partial charge in [0.15, 0.2) is 11.2 Å². The minimum atomic E-state index is -0.476. The molecule has 1 aliphatic rings. The number of hydrogen-bond donors (Lipinski definition) is 3. The fourth-order valence-electron chi connectivity index (χ4n) is 4.77. The van der Waals surface area contributed by atoms with Crippen molar-refractivity contribution in [2.45, 2.75) is 58.4 Å². The molecule has 0 saturated heterocycles. The lowest BCUT2D eigenvalue weighted by Gasteiger charge is -2.23. The minimum absolute atomic E-state index is 0.131. The van der Waals surface area contributed by atoms with Gasteiger partial charge in [0.05, 0.1) is 16.9 Å². The number of aromatic hydroxyl groups is 1. The lowest BCUT2D eigenvalue weighted by Crippen LogP contribution is -2.16. The van der Waals surface area contributed by atoms with E-state index in [2.05, 4.69) is 23.9 Å². The van der Waals surface area contributed by atoms with Crippen LogP contribution in [0.15, 0.2) is 26.1 Å². The summed E-state index contributed by atoms with van der Waals surface area (Å²) in [7, 11) is 0. The van der Waals surface area contributed by atoms with Crippen molar-refractivity contribution in [2.24, 2.45) is 5.92 Å². The monoisotopic (exact) mass is 395 g/mol. The zero-order valence-corrected chi connectivity index (χ0v) is 16.7. The van der Waals surface area contributed by atoms with Gasteiger partial charge in [0.25, 0.3) is 5.56 Å². The highest BCUT2D eigenvalue weighted by molar-refractivity contribution is 6.09. The molecule has 0 amide bonds. The zero-order chi connectivity index (χ0) is 20.3. The molecular formula is C22H25N3O4. The second kappa shape index (κ2) is 6.54. The molecular weight excluding hydrogens is 370 g/mol. The number of nitrogens with zero attached hydrogens (tertiary/aromatic N) is 1. The SMILES string of the molecule is CC(C)Cc1c2oc3c(O)c(=O)ccc3c2[nH]c2c1c(=O)[nH]n2C1CCCCC1. The molecule has 1 aliphatic carbocycles. The van der Waals surface area contributed by atoms with Crippen molar-refractivity contribution in [2.75, 3.05) is 0 Å². The van der Waals surface area contributed by atoms with E-state index < -0.39 is 11.2 Å². The summed E-state index contributed by atoms with van der Waals surface area (Å²) >= 11 is 0. The molecule has 1 fully saturated rings. The predicted molar refractivity (Wildman–Crippen MR) is 113 cm³/mol. The van der Waals surface area contributed by atoms with Gasteiger partial charge >= 0.3 is 0 Å². The van der Waals surface area contributed by atoms with E-state index in [1.165, 1.54) is 12.5 Å². The van der Waals surface area contributed by atoms with Crippen LogP contribution >= 0.6 is 0 Å². The minimum Gasteiger partial charge on any atom is -0.502 e. The van der Waals surface area contributed by atoms with E-state index in [9.17, 15) is 14.7 Å². The number of phenols is 1. The Labute approximate surface area is 166 Å². The van der Waals surface area contributed by atoms with Crippen LogP contribution in [0.3, 0.4) is 0 Å². The number of H-pyrrole nitrogens is 2. The standard InChI is InChI=1S/C22H25N3O4/c1-11(2)10-14-16-21(25(24-22(16)28)12-6-4-3-5-7-12)23-17-13-8-9-15(26)18(27)20(13)29-19(14)17/h8-9,11-12,23,27H,3-7,10H2,1-2H3,(H,24,28). The molecule has 29 heavy (non-hydrogen) atoms. The number of fused-ring (bicyclic) bond motifs is 4. The smallest absolute Gasteiger partial charge is 0.274 e. The maximum atomic E-state index is 13.0. The van der Waals surface area contributed by atoms with E-state index in [4.69, 9.17) is 4.42 Å². The van der Waals surface area contributed by atoms with Crippen LogP contribution in [-0.2, 0) is 6.42 Å². The van der Waals surface area contributed by atoms with Crippen LogP contribution in [0.5, 0.6) is 5.75 Å². The second-order valence-electron chi connectivity index (χ2n) is 8.62. The number of aromatic amines is 2. The van der Waals surface area contributed by atoms with Crippen molar-refractivity contribution in [3.05, 3.63) is 38.3 Å². The molecule has 152 valence electrons. The molecule has 0 bridgehead atoms. The van der Waals surface area contributed by atoms with Crippen molar-refractivity contribution in [1.82, 2.24) is 14.8 Å². The fourth-order valence-corrected chi connectivity index (χ4v) is 4.77. The van der Waals surface area contributed by atoms with Gasteiger partial charge in [-0.2, -0.15) is 0 Å². The summed E-state index contributed by atoms with van der Waals surface area (Å²) in [5.74, 6) is -0.0885. The van der Waals surface area contributed by atoms with Crippen LogP contribution in [0.1, 0.15) is 57.6 Å². The number of furan rings is 1. The molecule has 1 saturated carbocycles. The van der Waals surface area contributed by atoms with Gasteiger partial charge in [-0.25, -0.2) is 0 Å². The number of phenolic OH excluding ortho intramolecular Hbond substituents is 1. The van der Waals surface area contributed by atoms with Gasteiger partial charge in [0, 0.05) is 10.9 Å². The number of benzene rings is 1. The Morgan fingerprint density at radius 3 is 2.66 bits per heavy atom. The quantitative estimate of drug-likeness (QED) is 0.480. The van der Waals surface area contributed by atoms with Crippen molar-refractivity contribution < 1.29 is 9.52 Å². The van der Waals surface area contributed by atoms with Crippen molar-refractivity contribution >= 4 is 33.1 Å². The summed E-state index contributed by atoms with van der Waals surface area (Å²) in [5.41, 5.74) is 2.39. The Hall–Kier alpha value is -2.96. The van der Waals surface area contributed by atoms with Crippen LogP contribution < -0.4 is 11.0 Å². The third kappa shape index (κ3) is 2.71. The van der Waals surface area contributed by atoms with Gasteiger partial charge in [-0.15, -0.1) is 0 Å². The normalized spacial score (nSPS) is 16.0. The molecule has 3 heterocycles. The molecule has 0 atom stereocenters. The van der Waals surface area contributed by atoms with E-state index in [0.29, 0.717) is 34.2 Å².